The Hall–Kier alpha value is -1.86. The molecule has 2 aromatic rings. The fourth-order valence-electron chi connectivity index (χ4n) is 3.53. The van der Waals surface area contributed by atoms with E-state index in [0.717, 1.165) is 15.8 Å². The van der Waals surface area contributed by atoms with Gasteiger partial charge in [-0.1, -0.05) is 18.2 Å². The first kappa shape index (κ1) is 18.9. The molecular formula is C19H20F3NO2S. The molecule has 1 aliphatic rings. The number of hydrogen-bond acceptors (Lipinski definition) is 3. The molecule has 7 heteroatoms. The average molecular weight is 383 g/mol. The number of nitrogens with zero attached hydrogens (tertiary/aromatic N) is 1. The number of halogens is 3. The SMILES string of the molecule is Cc1ccc(C(c2ccccc2C(F)(F)F)N2CCC(C(=O)O)CC2)s1. The summed E-state index contributed by atoms with van der Waals surface area (Å²) in [5.41, 5.74) is -0.396. The Morgan fingerprint density at radius 1 is 1.19 bits per heavy atom. The van der Waals surface area contributed by atoms with Crippen molar-refractivity contribution < 1.29 is 23.1 Å². The zero-order valence-electron chi connectivity index (χ0n) is 14.3. The van der Waals surface area contributed by atoms with E-state index >= 15 is 0 Å². The summed E-state index contributed by atoms with van der Waals surface area (Å²) in [5.74, 6) is -1.25. The summed E-state index contributed by atoms with van der Waals surface area (Å²) in [5, 5.41) is 9.19. The maximum atomic E-state index is 13.6. The highest BCUT2D eigenvalue weighted by molar-refractivity contribution is 7.12. The second-order valence-electron chi connectivity index (χ2n) is 6.58. The summed E-state index contributed by atoms with van der Waals surface area (Å²) in [6.07, 6.45) is -3.53. The number of rotatable bonds is 4. The Morgan fingerprint density at radius 3 is 2.38 bits per heavy atom. The molecule has 1 fully saturated rings. The molecule has 1 saturated heterocycles. The van der Waals surface area contributed by atoms with E-state index in [1.165, 1.54) is 23.5 Å². The lowest BCUT2D eigenvalue weighted by molar-refractivity contribution is -0.143. The van der Waals surface area contributed by atoms with Gasteiger partial charge in [-0.3, -0.25) is 9.69 Å². The Morgan fingerprint density at radius 2 is 1.85 bits per heavy atom. The summed E-state index contributed by atoms with van der Waals surface area (Å²) >= 11 is 1.49. The van der Waals surface area contributed by atoms with E-state index in [2.05, 4.69) is 0 Å². The second-order valence-corrected chi connectivity index (χ2v) is 7.90. The van der Waals surface area contributed by atoms with E-state index in [1.54, 1.807) is 6.07 Å². The molecule has 1 aliphatic heterocycles. The molecule has 1 unspecified atom stereocenters. The number of hydrogen-bond donors (Lipinski definition) is 1. The van der Waals surface area contributed by atoms with Crippen molar-refractivity contribution in [2.45, 2.75) is 32.0 Å². The predicted molar refractivity (Wildman–Crippen MR) is 94.3 cm³/mol. The maximum absolute atomic E-state index is 13.6. The largest absolute Gasteiger partial charge is 0.481 e. The zero-order valence-corrected chi connectivity index (χ0v) is 15.1. The van der Waals surface area contributed by atoms with Crippen molar-refractivity contribution in [3.63, 3.8) is 0 Å². The Bertz CT molecular complexity index is 779. The van der Waals surface area contributed by atoms with E-state index in [-0.39, 0.29) is 5.56 Å². The van der Waals surface area contributed by atoms with Gasteiger partial charge in [0, 0.05) is 9.75 Å². The predicted octanol–water partition coefficient (Wildman–Crippen LogP) is 4.96. The van der Waals surface area contributed by atoms with Crippen LogP contribution in [0.3, 0.4) is 0 Å². The highest BCUT2D eigenvalue weighted by Gasteiger charge is 2.38. The number of aliphatic carboxylic acids is 1. The molecule has 1 atom stereocenters. The van der Waals surface area contributed by atoms with Gasteiger partial charge in [0.25, 0.3) is 0 Å². The molecular weight excluding hydrogens is 363 g/mol. The van der Waals surface area contributed by atoms with Gasteiger partial charge in [-0.05, 0) is 56.6 Å². The van der Waals surface area contributed by atoms with Crippen LogP contribution in [-0.2, 0) is 11.0 Å². The number of benzene rings is 1. The highest BCUT2D eigenvalue weighted by Crippen LogP contribution is 2.41. The minimum Gasteiger partial charge on any atom is -0.481 e. The van der Waals surface area contributed by atoms with E-state index < -0.39 is 29.7 Å². The molecule has 3 rings (SSSR count). The molecule has 3 nitrogen and oxygen atoms in total. The van der Waals surface area contributed by atoms with E-state index in [1.807, 2.05) is 24.0 Å². The van der Waals surface area contributed by atoms with Crippen molar-refractivity contribution >= 4 is 17.3 Å². The maximum Gasteiger partial charge on any atom is 0.416 e. The van der Waals surface area contributed by atoms with Crippen LogP contribution in [0.2, 0.25) is 0 Å². The number of likely N-dealkylation sites (tertiary alicyclic amines) is 1. The van der Waals surface area contributed by atoms with Crippen molar-refractivity contribution in [3.8, 4) is 0 Å². The molecule has 1 N–H and O–H groups in total. The average Bonchev–Trinajstić information content (AvgIpc) is 3.01. The van der Waals surface area contributed by atoms with E-state index in [0.29, 0.717) is 25.9 Å². The number of aryl methyl sites for hydroxylation is 1. The molecule has 0 saturated carbocycles. The van der Waals surface area contributed by atoms with Gasteiger partial charge in [0.15, 0.2) is 0 Å². The van der Waals surface area contributed by atoms with Crippen LogP contribution < -0.4 is 0 Å². The van der Waals surface area contributed by atoms with Crippen molar-refractivity contribution in [3.05, 3.63) is 57.3 Å². The number of carboxylic acid groups (broad SMARTS) is 1. The van der Waals surface area contributed by atoms with Crippen LogP contribution in [0.4, 0.5) is 13.2 Å². The quantitative estimate of drug-likeness (QED) is 0.811. The number of piperidine rings is 1. The van der Waals surface area contributed by atoms with Gasteiger partial charge in [-0.25, -0.2) is 0 Å². The number of thiophene rings is 1. The fourth-order valence-corrected chi connectivity index (χ4v) is 4.56. The summed E-state index contributed by atoms with van der Waals surface area (Å²) in [6, 6.07) is 8.95. The molecule has 0 spiro atoms. The lowest BCUT2D eigenvalue weighted by Crippen LogP contribution is -2.39. The van der Waals surface area contributed by atoms with Gasteiger partial charge in [0.05, 0.1) is 17.5 Å². The van der Waals surface area contributed by atoms with Crippen LogP contribution in [-0.4, -0.2) is 29.1 Å². The molecule has 1 aromatic carbocycles. The molecule has 26 heavy (non-hydrogen) atoms. The third kappa shape index (κ3) is 3.94. The Kier molecular flexibility index (Phi) is 5.39. The Balaban J connectivity index is 2.00. The minimum absolute atomic E-state index is 0.232. The molecule has 0 radical (unpaired) electrons. The van der Waals surface area contributed by atoms with Gasteiger partial charge in [-0.2, -0.15) is 13.2 Å². The smallest absolute Gasteiger partial charge is 0.416 e. The molecule has 140 valence electrons. The van der Waals surface area contributed by atoms with Gasteiger partial charge in [-0.15, -0.1) is 11.3 Å². The van der Waals surface area contributed by atoms with Gasteiger partial charge < -0.3 is 5.11 Å². The lowest BCUT2D eigenvalue weighted by atomic mass is 9.92. The summed E-state index contributed by atoms with van der Waals surface area (Å²) in [6.45, 7) is 2.85. The summed E-state index contributed by atoms with van der Waals surface area (Å²) in [4.78, 5) is 15.1. The van der Waals surface area contributed by atoms with Crippen molar-refractivity contribution in [2.24, 2.45) is 5.92 Å². The van der Waals surface area contributed by atoms with Crippen LogP contribution in [0.15, 0.2) is 36.4 Å². The van der Waals surface area contributed by atoms with Gasteiger partial charge >= 0.3 is 12.1 Å². The van der Waals surface area contributed by atoms with Crippen LogP contribution in [0.5, 0.6) is 0 Å². The standard InChI is InChI=1S/C19H20F3NO2S/c1-12-6-7-16(26-12)17(23-10-8-13(9-11-23)18(24)25)14-4-2-3-5-15(14)19(20,21)22/h2-7,13,17H,8-11H2,1H3,(H,24,25). The minimum atomic E-state index is -4.43. The van der Waals surface area contributed by atoms with Gasteiger partial charge in [0.2, 0.25) is 0 Å². The van der Waals surface area contributed by atoms with Crippen LogP contribution in [0, 0.1) is 12.8 Å². The summed E-state index contributed by atoms with van der Waals surface area (Å²) < 4.78 is 40.7. The fraction of sp³-hybridized carbons (Fsp3) is 0.421. The van der Waals surface area contributed by atoms with Crippen molar-refractivity contribution in [2.75, 3.05) is 13.1 Å². The first-order valence-electron chi connectivity index (χ1n) is 8.46. The number of carboxylic acids is 1. The van der Waals surface area contributed by atoms with Crippen molar-refractivity contribution in [1.82, 2.24) is 4.90 Å². The first-order valence-corrected chi connectivity index (χ1v) is 9.28. The third-order valence-electron chi connectivity index (χ3n) is 4.84. The topological polar surface area (TPSA) is 40.5 Å². The first-order chi connectivity index (χ1) is 12.3. The third-order valence-corrected chi connectivity index (χ3v) is 5.89. The van der Waals surface area contributed by atoms with Crippen LogP contribution in [0.1, 0.15) is 39.8 Å². The van der Waals surface area contributed by atoms with Crippen LogP contribution in [0.25, 0.3) is 0 Å². The lowest BCUT2D eigenvalue weighted by Gasteiger charge is -2.37. The molecule has 0 bridgehead atoms. The number of alkyl halides is 3. The highest BCUT2D eigenvalue weighted by atomic mass is 32.1. The monoisotopic (exact) mass is 383 g/mol. The Labute approximate surface area is 154 Å². The number of carbonyl (C=O) groups is 1. The van der Waals surface area contributed by atoms with Gasteiger partial charge in [0.1, 0.15) is 0 Å². The molecule has 0 amide bonds. The normalized spacial score (nSPS) is 18.0. The van der Waals surface area contributed by atoms with Crippen LogP contribution >= 0.6 is 11.3 Å². The second kappa shape index (κ2) is 7.40. The molecule has 2 heterocycles. The van der Waals surface area contributed by atoms with E-state index in [4.69, 9.17) is 0 Å². The molecule has 1 aromatic heterocycles. The van der Waals surface area contributed by atoms with Crippen molar-refractivity contribution in [1.29, 1.82) is 0 Å². The zero-order chi connectivity index (χ0) is 18.9. The van der Waals surface area contributed by atoms with E-state index in [9.17, 15) is 23.1 Å². The molecule has 0 aliphatic carbocycles. The summed E-state index contributed by atoms with van der Waals surface area (Å²) in [7, 11) is 0.